The number of rotatable bonds is 0. The number of nitrogens with zero attached hydrogens (tertiary/aromatic N) is 2. The van der Waals surface area contributed by atoms with Gasteiger partial charge in [0.25, 0.3) is 0 Å². The molecule has 3 nitrogen and oxygen atoms in total. The van der Waals surface area contributed by atoms with Crippen molar-refractivity contribution < 1.29 is 4.79 Å². The van der Waals surface area contributed by atoms with Crippen LogP contribution in [0.5, 0.6) is 0 Å². The lowest BCUT2D eigenvalue weighted by molar-refractivity contribution is 0.0974. The topological polar surface area (TPSA) is 34.4 Å². The molecule has 0 radical (unpaired) electrons. The average Bonchev–Trinajstić information content (AvgIpc) is 3.68. The molecular formula is C54H42N2O. The van der Waals surface area contributed by atoms with E-state index in [1.165, 1.54) is 82.8 Å². The molecule has 0 spiro atoms. The Morgan fingerprint density at radius 1 is 0.561 bits per heavy atom. The number of hydrogen-bond acceptors (Lipinski definition) is 2. The van der Waals surface area contributed by atoms with E-state index in [1.54, 1.807) is 0 Å². The molecule has 274 valence electrons. The zero-order valence-electron chi connectivity index (χ0n) is 32.8. The third-order valence-electron chi connectivity index (χ3n) is 14.8. The predicted molar refractivity (Wildman–Crippen MR) is 231 cm³/mol. The summed E-state index contributed by atoms with van der Waals surface area (Å²) in [5, 5.41) is 5.30. The van der Waals surface area contributed by atoms with E-state index in [-0.39, 0.29) is 28.4 Å². The van der Waals surface area contributed by atoms with Gasteiger partial charge in [0.05, 0.1) is 34.4 Å². The molecule has 0 amide bonds. The number of aryl methyl sites for hydroxylation is 4. The van der Waals surface area contributed by atoms with Crippen LogP contribution in [-0.4, -0.2) is 15.2 Å². The van der Waals surface area contributed by atoms with Gasteiger partial charge in [-0.25, -0.2) is 0 Å². The molecule has 5 aliphatic carbocycles. The third kappa shape index (κ3) is 3.88. The number of carbonyl (C=O) groups is 1. The first-order valence-electron chi connectivity index (χ1n) is 20.8. The lowest BCUT2D eigenvalue weighted by atomic mass is 9.61. The van der Waals surface area contributed by atoms with Crippen LogP contribution < -0.4 is 0 Å². The number of carbonyl (C=O) groups excluding carboxylic acids is 1. The molecule has 0 fully saturated rings. The Morgan fingerprint density at radius 2 is 1.16 bits per heavy atom. The smallest absolute Gasteiger partial charge is 0.175 e. The first-order valence-corrected chi connectivity index (χ1v) is 20.8. The van der Waals surface area contributed by atoms with Crippen LogP contribution in [0.15, 0.2) is 121 Å². The van der Waals surface area contributed by atoms with Crippen molar-refractivity contribution in [2.75, 3.05) is 0 Å². The number of ketones is 1. The second-order valence-electron chi connectivity index (χ2n) is 18.4. The predicted octanol–water partition coefficient (Wildman–Crippen LogP) is 11.9. The van der Waals surface area contributed by atoms with Crippen molar-refractivity contribution in [3.63, 3.8) is 0 Å². The molecule has 0 atom stereocenters. The average molecular weight is 735 g/mol. The van der Waals surface area contributed by atoms with Gasteiger partial charge in [0, 0.05) is 43.9 Å². The molecule has 5 aliphatic rings. The Morgan fingerprint density at radius 3 is 1.82 bits per heavy atom. The highest BCUT2D eigenvalue weighted by Crippen LogP contribution is 2.56. The second kappa shape index (κ2) is 10.7. The highest BCUT2D eigenvalue weighted by atomic mass is 16.1. The molecule has 14 rings (SSSR count). The van der Waals surface area contributed by atoms with E-state index in [4.69, 9.17) is 4.98 Å². The largest absolute Gasteiger partial charge is 0.306 e. The van der Waals surface area contributed by atoms with Gasteiger partial charge in [0.1, 0.15) is 0 Å². The molecule has 0 saturated carbocycles. The maximum Gasteiger partial charge on any atom is 0.175 e. The minimum atomic E-state index is -0.311. The first-order chi connectivity index (χ1) is 27.7. The van der Waals surface area contributed by atoms with Crippen LogP contribution in [0.2, 0.25) is 0 Å². The standard InChI is InChI=1S/C54H42N2O/c1-53(2)40-18-9-10-19-41(40)54(3,4)52-49(53)48-43(28-55-52)56-42-27-38-37(46-33-14-5-7-16-35(33)47(51(38)57)36-17-8-6-15-34(36)46)26-39(42)44-31-22-20-29-12-11-13-30(24-29)21-23-32(25-31)45(48)50(44)56/h5-19,24-28,46-47H,20-23H2,1-4H3. The van der Waals surface area contributed by atoms with Crippen LogP contribution >= 0.6 is 0 Å². The van der Waals surface area contributed by atoms with Gasteiger partial charge in [0.15, 0.2) is 5.78 Å². The Kier molecular flexibility index (Phi) is 6.00. The van der Waals surface area contributed by atoms with Crippen LogP contribution in [0, 0.1) is 0 Å². The molecule has 3 heteroatoms. The summed E-state index contributed by atoms with van der Waals surface area (Å²) >= 11 is 0. The fraction of sp³-hybridized carbons (Fsp3) is 0.222. The fourth-order valence-corrected chi connectivity index (χ4v) is 12.3. The number of pyridine rings is 1. The summed E-state index contributed by atoms with van der Waals surface area (Å²) in [7, 11) is 0. The third-order valence-corrected chi connectivity index (χ3v) is 14.8. The Balaban J connectivity index is 1.20. The summed E-state index contributed by atoms with van der Waals surface area (Å²) in [6.45, 7) is 9.53. The van der Waals surface area contributed by atoms with E-state index in [0.717, 1.165) is 59.0 Å². The van der Waals surface area contributed by atoms with E-state index in [0.29, 0.717) is 0 Å². The molecule has 6 aromatic carbocycles. The van der Waals surface area contributed by atoms with Crippen LogP contribution in [-0.2, 0) is 36.5 Å². The summed E-state index contributed by atoms with van der Waals surface area (Å²) in [4.78, 5) is 20.7. The number of hydrogen-bond donors (Lipinski definition) is 0. The summed E-state index contributed by atoms with van der Waals surface area (Å²) in [6.07, 6.45) is 6.08. The molecule has 6 bridgehead atoms. The SMILES string of the molecule is CC1(C)c2ccccc2C(C)(C)c2c1ncc1c2c2c3cc(c4c5cc6c(cc5n1c42)C(=O)C1c2ccccc2C6c2ccccc21)CCc1cccc(c1)CC3. The normalized spacial score (nSPS) is 19.6. The van der Waals surface area contributed by atoms with Gasteiger partial charge < -0.3 is 4.40 Å². The Bertz CT molecular complexity index is 3240. The maximum atomic E-state index is 15.2. The van der Waals surface area contributed by atoms with Crippen molar-refractivity contribution in [3.05, 3.63) is 199 Å². The summed E-state index contributed by atoms with van der Waals surface area (Å²) in [5.74, 6) is -0.105. The van der Waals surface area contributed by atoms with Crippen molar-refractivity contribution in [2.24, 2.45) is 0 Å². The van der Waals surface area contributed by atoms with Gasteiger partial charge in [-0.15, -0.1) is 0 Å². The van der Waals surface area contributed by atoms with E-state index in [1.807, 2.05) is 0 Å². The van der Waals surface area contributed by atoms with Gasteiger partial charge in [-0.3, -0.25) is 9.78 Å². The lowest BCUT2D eigenvalue weighted by Gasteiger charge is -2.43. The monoisotopic (exact) mass is 734 g/mol. The number of fused-ring (bicyclic) bond motifs is 15. The van der Waals surface area contributed by atoms with Crippen molar-refractivity contribution in [2.45, 2.75) is 76.0 Å². The molecule has 57 heavy (non-hydrogen) atoms. The molecule has 9 aromatic rings. The Labute approximate surface area is 332 Å². The maximum absolute atomic E-state index is 15.2. The molecule has 0 aliphatic heterocycles. The summed E-state index contributed by atoms with van der Waals surface area (Å²) < 4.78 is 2.53. The minimum Gasteiger partial charge on any atom is -0.306 e. The van der Waals surface area contributed by atoms with Gasteiger partial charge in [-0.05, 0) is 105 Å². The van der Waals surface area contributed by atoms with Gasteiger partial charge in [0.2, 0.25) is 0 Å². The van der Waals surface area contributed by atoms with Crippen LogP contribution in [0.4, 0.5) is 0 Å². The van der Waals surface area contributed by atoms with E-state index >= 15 is 4.79 Å². The van der Waals surface area contributed by atoms with Crippen LogP contribution in [0.25, 0.3) is 38.1 Å². The molecule has 0 N–H and O–H groups in total. The highest BCUT2D eigenvalue weighted by Gasteiger charge is 2.46. The fourth-order valence-electron chi connectivity index (χ4n) is 12.3. The van der Waals surface area contributed by atoms with Crippen molar-refractivity contribution in [1.29, 1.82) is 0 Å². The van der Waals surface area contributed by atoms with Crippen molar-refractivity contribution in [1.82, 2.24) is 9.38 Å². The summed E-state index contributed by atoms with van der Waals surface area (Å²) in [5.41, 5.74) is 20.8. The summed E-state index contributed by atoms with van der Waals surface area (Å²) in [6, 6.07) is 43.0. The quantitative estimate of drug-likeness (QED) is 0.155. The first kappa shape index (κ1) is 32.1. The van der Waals surface area contributed by atoms with Crippen LogP contribution in [0.1, 0.15) is 122 Å². The molecule has 0 unspecified atom stereocenters. The number of Topliss-reactive ketones (excluding diaryl/α,β-unsaturated/α-hetero) is 1. The van der Waals surface area contributed by atoms with E-state index in [9.17, 15) is 0 Å². The Hall–Kier alpha value is -6.06. The van der Waals surface area contributed by atoms with E-state index < -0.39 is 0 Å². The molecular weight excluding hydrogens is 693 g/mol. The number of benzene rings is 6. The van der Waals surface area contributed by atoms with Crippen molar-refractivity contribution in [3.8, 4) is 0 Å². The van der Waals surface area contributed by atoms with E-state index in [2.05, 4.69) is 154 Å². The van der Waals surface area contributed by atoms with Gasteiger partial charge in [-0.2, -0.15) is 0 Å². The highest BCUT2D eigenvalue weighted by molar-refractivity contribution is 6.27. The second-order valence-corrected chi connectivity index (χ2v) is 18.4. The zero-order chi connectivity index (χ0) is 38.1. The molecule has 0 saturated heterocycles. The molecule has 3 aromatic heterocycles. The van der Waals surface area contributed by atoms with Crippen LogP contribution in [0.3, 0.4) is 0 Å². The van der Waals surface area contributed by atoms with Gasteiger partial charge >= 0.3 is 0 Å². The minimum absolute atomic E-state index is 0.000408. The van der Waals surface area contributed by atoms with Crippen molar-refractivity contribution >= 4 is 43.9 Å². The number of aromatic nitrogens is 2. The molecule has 3 heterocycles. The van der Waals surface area contributed by atoms with Gasteiger partial charge in [-0.1, -0.05) is 131 Å². The zero-order valence-corrected chi connectivity index (χ0v) is 32.8. The lowest BCUT2D eigenvalue weighted by Crippen LogP contribution is -2.37.